The summed E-state index contributed by atoms with van der Waals surface area (Å²) in [6, 6.07) is 7.38. The van der Waals surface area contributed by atoms with E-state index in [0.29, 0.717) is 18.9 Å². The third-order valence-electron chi connectivity index (χ3n) is 3.96. The van der Waals surface area contributed by atoms with Crippen LogP contribution in [0.25, 0.3) is 11.4 Å². The standard InChI is InChI=1S/C16H20N4O3/c1-19-14(11-5-7-13(23-2)8-6-11)18-20(16(19)22)10-9-17-15(21)12-3-4-12/h5-8,12H,3-4,9-10H2,1-2H3,(H,17,21). The van der Waals surface area contributed by atoms with Gasteiger partial charge in [-0.25, -0.2) is 9.48 Å². The van der Waals surface area contributed by atoms with E-state index in [1.165, 1.54) is 9.25 Å². The van der Waals surface area contributed by atoms with Gasteiger partial charge in [0.1, 0.15) is 5.75 Å². The molecule has 0 spiro atoms. The Hall–Kier alpha value is -2.57. The first-order chi connectivity index (χ1) is 11.1. The number of nitrogens with zero attached hydrogens (tertiary/aromatic N) is 3. The summed E-state index contributed by atoms with van der Waals surface area (Å²) in [5.41, 5.74) is 0.641. The summed E-state index contributed by atoms with van der Waals surface area (Å²) in [6.45, 7) is 0.773. The molecule has 1 N–H and O–H groups in total. The summed E-state index contributed by atoms with van der Waals surface area (Å²) >= 11 is 0. The molecule has 1 heterocycles. The second-order valence-corrected chi connectivity index (χ2v) is 5.68. The normalized spacial score (nSPS) is 13.8. The fraction of sp³-hybridized carbons (Fsp3) is 0.438. The number of aromatic nitrogens is 3. The van der Waals surface area contributed by atoms with E-state index >= 15 is 0 Å². The zero-order chi connectivity index (χ0) is 16.4. The summed E-state index contributed by atoms with van der Waals surface area (Å²) in [5, 5.41) is 7.21. The number of nitrogens with one attached hydrogen (secondary N) is 1. The molecule has 3 rings (SSSR count). The molecule has 122 valence electrons. The van der Waals surface area contributed by atoms with Crippen LogP contribution in [-0.4, -0.2) is 33.9 Å². The largest absolute Gasteiger partial charge is 0.497 e. The number of ether oxygens (including phenoxy) is 1. The maximum absolute atomic E-state index is 12.2. The molecule has 0 saturated heterocycles. The van der Waals surface area contributed by atoms with E-state index in [-0.39, 0.29) is 17.5 Å². The number of carbonyl (C=O) groups excluding carboxylic acids is 1. The molecule has 1 aromatic carbocycles. The Morgan fingerprint density at radius 2 is 2.04 bits per heavy atom. The second-order valence-electron chi connectivity index (χ2n) is 5.68. The highest BCUT2D eigenvalue weighted by Crippen LogP contribution is 2.28. The SMILES string of the molecule is COc1ccc(-c2nn(CCNC(=O)C3CC3)c(=O)n2C)cc1. The summed E-state index contributed by atoms with van der Waals surface area (Å²) < 4.78 is 8.02. The molecular formula is C16H20N4O3. The van der Waals surface area contributed by atoms with Crippen molar-refractivity contribution >= 4 is 5.91 Å². The van der Waals surface area contributed by atoms with Gasteiger partial charge in [-0.3, -0.25) is 9.36 Å². The molecule has 23 heavy (non-hydrogen) atoms. The monoisotopic (exact) mass is 316 g/mol. The van der Waals surface area contributed by atoms with Gasteiger partial charge in [0.2, 0.25) is 5.91 Å². The van der Waals surface area contributed by atoms with Crippen molar-refractivity contribution in [3.05, 3.63) is 34.7 Å². The Labute approximate surface area is 133 Å². The van der Waals surface area contributed by atoms with Gasteiger partial charge in [0.25, 0.3) is 0 Å². The quantitative estimate of drug-likeness (QED) is 0.854. The molecule has 0 bridgehead atoms. The Kier molecular flexibility index (Phi) is 4.18. The van der Waals surface area contributed by atoms with E-state index in [4.69, 9.17) is 4.74 Å². The molecule has 0 atom stereocenters. The van der Waals surface area contributed by atoms with Crippen molar-refractivity contribution in [2.24, 2.45) is 13.0 Å². The van der Waals surface area contributed by atoms with Crippen LogP contribution in [0.1, 0.15) is 12.8 Å². The highest BCUT2D eigenvalue weighted by molar-refractivity contribution is 5.80. The molecule has 1 aliphatic rings. The van der Waals surface area contributed by atoms with E-state index < -0.39 is 0 Å². The zero-order valence-corrected chi connectivity index (χ0v) is 13.3. The number of amides is 1. The topological polar surface area (TPSA) is 78.2 Å². The summed E-state index contributed by atoms with van der Waals surface area (Å²) in [4.78, 5) is 23.8. The third-order valence-corrected chi connectivity index (χ3v) is 3.96. The number of hydrogen-bond donors (Lipinski definition) is 1. The molecule has 0 radical (unpaired) electrons. The fourth-order valence-corrected chi connectivity index (χ4v) is 2.40. The zero-order valence-electron chi connectivity index (χ0n) is 13.3. The van der Waals surface area contributed by atoms with Gasteiger partial charge in [0.15, 0.2) is 5.82 Å². The minimum absolute atomic E-state index is 0.0735. The van der Waals surface area contributed by atoms with Gasteiger partial charge in [0.05, 0.1) is 13.7 Å². The van der Waals surface area contributed by atoms with Gasteiger partial charge >= 0.3 is 5.69 Å². The first-order valence-electron chi connectivity index (χ1n) is 7.66. The third kappa shape index (κ3) is 3.28. The minimum atomic E-state index is -0.198. The number of rotatable bonds is 6. The number of carbonyl (C=O) groups is 1. The Bertz CT molecular complexity index is 757. The predicted molar refractivity (Wildman–Crippen MR) is 85.2 cm³/mol. The van der Waals surface area contributed by atoms with E-state index in [1.54, 1.807) is 14.2 Å². The van der Waals surface area contributed by atoms with Gasteiger partial charge in [-0.1, -0.05) is 0 Å². The Morgan fingerprint density at radius 1 is 1.35 bits per heavy atom. The van der Waals surface area contributed by atoms with E-state index in [9.17, 15) is 9.59 Å². The van der Waals surface area contributed by atoms with Crippen molar-refractivity contribution in [1.29, 1.82) is 0 Å². The molecule has 1 saturated carbocycles. The van der Waals surface area contributed by atoms with E-state index in [2.05, 4.69) is 10.4 Å². The Morgan fingerprint density at radius 3 is 2.65 bits per heavy atom. The first kappa shape index (κ1) is 15.3. The smallest absolute Gasteiger partial charge is 0.345 e. The lowest BCUT2D eigenvalue weighted by molar-refractivity contribution is -0.122. The van der Waals surface area contributed by atoms with Crippen molar-refractivity contribution in [2.75, 3.05) is 13.7 Å². The van der Waals surface area contributed by atoms with Crippen molar-refractivity contribution in [1.82, 2.24) is 19.7 Å². The lowest BCUT2D eigenvalue weighted by Gasteiger charge is -2.03. The van der Waals surface area contributed by atoms with E-state index in [1.807, 2.05) is 24.3 Å². The molecule has 1 amide bonds. The number of methoxy groups -OCH3 is 1. The lowest BCUT2D eigenvalue weighted by Crippen LogP contribution is -2.32. The van der Waals surface area contributed by atoms with Crippen LogP contribution in [-0.2, 0) is 18.4 Å². The second kappa shape index (κ2) is 6.28. The highest BCUT2D eigenvalue weighted by Gasteiger charge is 2.29. The maximum atomic E-state index is 12.2. The van der Waals surface area contributed by atoms with Crippen LogP contribution in [0, 0.1) is 5.92 Å². The van der Waals surface area contributed by atoms with Crippen LogP contribution in [0.4, 0.5) is 0 Å². The van der Waals surface area contributed by atoms with Crippen molar-refractivity contribution in [3.63, 3.8) is 0 Å². The van der Waals surface area contributed by atoms with Crippen molar-refractivity contribution < 1.29 is 9.53 Å². The van der Waals surface area contributed by atoms with Gasteiger partial charge in [-0.15, -0.1) is 5.10 Å². The van der Waals surface area contributed by atoms with Gasteiger partial charge in [-0.2, -0.15) is 0 Å². The summed E-state index contributed by atoms with van der Waals surface area (Å²) in [6.07, 6.45) is 1.94. The van der Waals surface area contributed by atoms with Crippen molar-refractivity contribution in [2.45, 2.75) is 19.4 Å². The molecule has 1 fully saturated rings. The van der Waals surface area contributed by atoms with Crippen LogP contribution < -0.4 is 15.7 Å². The molecule has 0 aliphatic heterocycles. The van der Waals surface area contributed by atoms with Crippen LogP contribution in [0.15, 0.2) is 29.1 Å². The van der Waals surface area contributed by atoms with Gasteiger partial charge in [-0.05, 0) is 37.1 Å². The molecule has 1 aromatic heterocycles. The molecular weight excluding hydrogens is 296 g/mol. The Balaban J connectivity index is 1.72. The molecule has 0 unspecified atom stereocenters. The minimum Gasteiger partial charge on any atom is -0.497 e. The highest BCUT2D eigenvalue weighted by atomic mass is 16.5. The van der Waals surface area contributed by atoms with Crippen molar-refractivity contribution in [3.8, 4) is 17.1 Å². The van der Waals surface area contributed by atoms with Crippen LogP contribution in [0.5, 0.6) is 5.75 Å². The molecule has 7 heteroatoms. The predicted octanol–water partition coefficient (Wildman–Crippen LogP) is 0.784. The average Bonchev–Trinajstić information content (AvgIpc) is 3.38. The number of benzene rings is 1. The maximum Gasteiger partial charge on any atom is 0.345 e. The summed E-state index contributed by atoms with van der Waals surface area (Å²) in [5.74, 6) is 1.59. The number of hydrogen-bond acceptors (Lipinski definition) is 4. The molecule has 7 nitrogen and oxygen atoms in total. The first-order valence-corrected chi connectivity index (χ1v) is 7.66. The van der Waals surface area contributed by atoms with Crippen LogP contribution >= 0.6 is 0 Å². The molecule has 2 aromatic rings. The fourth-order valence-electron chi connectivity index (χ4n) is 2.40. The van der Waals surface area contributed by atoms with Crippen LogP contribution in [0.3, 0.4) is 0 Å². The average molecular weight is 316 g/mol. The van der Waals surface area contributed by atoms with E-state index in [0.717, 1.165) is 24.2 Å². The van der Waals surface area contributed by atoms with Gasteiger partial charge in [0, 0.05) is 25.1 Å². The van der Waals surface area contributed by atoms with Crippen LogP contribution in [0.2, 0.25) is 0 Å². The van der Waals surface area contributed by atoms with Gasteiger partial charge < -0.3 is 10.1 Å². The summed E-state index contributed by atoms with van der Waals surface area (Å²) in [7, 11) is 3.30. The molecule has 1 aliphatic carbocycles. The lowest BCUT2D eigenvalue weighted by atomic mass is 10.2.